The Morgan fingerprint density at radius 2 is 1.69 bits per heavy atom. The van der Waals surface area contributed by atoms with E-state index in [-0.39, 0.29) is 18.5 Å². The molecular weight excluding hydrogens is 512 g/mol. The third-order valence-electron chi connectivity index (χ3n) is 7.51. The van der Waals surface area contributed by atoms with Crippen molar-refractivity contribution in [2.45, 2.75) is 57.2 Å². The SMILES string of the molecule is CS(=O)N1CCc2cccc(CN3CCC4(CCN(C(=O)OC(C(F)(F)F)C(F)(F)F)CC4)C3)c2C1. The van der Waals surface area contributed by atoms with Crippen LogP contribution >= 0.6 is 0 Å². The van der Waals surface area contributed by atoms with Gasteiger partial charge in [-0.2, -0.15) is 26.3 Å². The summed E-state index contributed by atoms with van der Waals surface area (Å²) < 4.78 is 94.2. The predicted octanol–water partition coefficient (Wildman–Crippen LogP) is 4.26. The highest BCUT2D eigenvalue weighted by Gasteiger charge is 2.60. The van der Waals surface area contributed by atoms with Crippen molar-refractivity contribution in [3.8, 4) is 0 Å². The fraction of sp³-hybridized carbons (Fsp3) is 0.696. The Balaban J connectivity index is 1.34. The zero-order chi connectivity index (χ0) is 26.3. The molecule has 6 nitrogen and oxygen atoms in total. The number of carbonyl (C=O) groups is 1. The molecule has 2 saturated heterocycles. The number of likely N-dealkylation sites (tertiary alicyclic amines) is 2. The smallest absolute Gasteiger partial charge is 0.426 e. The quantitative estimate of drug-likeness (QED) is 0.535. The van der Waals surface area contributed by atoms with E-state index >= 15 is 0 Å². The molecule has 3 aliphatic heterocycles. The average Bonchev–Trinajstić information content (AvgIpc) is 3.18. The molecule has 2 fully saturated rings. The third-order valence-corrected chi connectivity index (χ3v) is 8.54. The van der Waals surface area contributed by atoms with E-state index in [4.69, 9.17) is 0 Å². The highest BCUT2D eigenvalue weighted by atomic mass is 32.2. The molecule has 1 atom stereocenters. The van der Waals surface area contributed by atoms with E-state index in [2.05, 4.69) is 21.8 Å². The first kappa shape index (κ1) is 27.2. The molecule has 4 rings (SSSR count). The second-order valence-corrected chi connectivity index (χ2v) is 11.3. The number of amides is 1. The van der Waals surface area contributed by atoms with E-state index in [0.29, 0.717) is 25.9 Å². The Hall–Kier alpha value is -1.86. The van der Waals surface area contributed by atoms with Gasteiger partial charge in [-0.25, -0.2) is 13.3 Å². The summed E-state index contributed by atoms with van der Waals surface area (Å²) in [5.74, 6) is 0. The number of rotatable bonds is 4. The number of ether oxygens (including phenoxy) is 1. The van der Waals surface area contributed by atoms with E-state index < -0.39 is 35.5 Å². The summed E-state index contributed by atoms with van der Waals surface area (Å²) >= 11 is 0. The second-order valence-electron chi connectivity index (χ2n) is 9.89. The maximum absolute atomic E-state index is 12.7. The molecule has 1 aromatic rings. The van der Waals surface area contributed by atoms with Crippen LogP contribution in [0, 0.1) is 5.41 Å². The summed E-state index contributed by atoms with van der Waals surface area (Å²) in [7, 11) is -1.05. The molecule has 3 aliphatic rings. The van der Waals surface area contributed by atoms with Gasteiger partial charge in [-0.1, -0.05) is 18.2 Å². The summed E-state index contributed by atoms with van der Waals surface area (Å²) in [6.07, 6.45) is -12.9. The Kier molecular flexibility index (Phi) is 7.65. The molecule has 0 bridgehead atoms. The second kappa shape index (κ2) is 10.1. The van der Waals surface area contributed by atoms with E-state index in [1.807, 2.05) is 10.4 Å². The normalized spacial score (nSPS) is 22.2. The van der Waals surface area contributed by atoms with Gasteiger partial charge in [0.05, 0.1) is 11.0 Å². The molecule has 36 heavy (non-hydrogen) atoms. The van der Waals surface area contributed by atoms with Gasteiger partial charge in [0.2, 0.25) is 0 Å². The number of nitrogens with zero attached hydrogens (tertiary/aromatic N) is 3. The van der Waals surface area contributed by atoms with Crippen molar-refractivity contribution in [1.29, 1.82) is 0 Å². The van der Waals surface area contributed by atoms with Crippen molar-refractivity contribution in [1.82, 2.24) is 14.1 Å². The summed E-state index contributed by atoms with van der Waals surface area (Å²) in [5.41, 5.74) is 3.48. The van der Waals surface area contributed by atoms with Crippen molar-refractivity contribution >= 4 is 17.1 Å². The van der Waals surface area contributed by atoms with Crippen LogP contribution in [0.4, 0.5) is 31.1 Å². The van der Waals surface area contributed by atoms with E-state index in [1.165, 1.54) is 16.7 Å². The van der Waals surface area contributed by atoms with Gasteiger partial charge in [-0.15, -0.1) is 0 Å². The standard InChI is InChI=1S/C23H29F6N3O3S/c1-36(34)32-9-5-16-3-2-4-17(18(16)14-32)13-30-10-6-21(15-30)7-11-31(12-8-21)20(33)35-19(22(24,25)26)23(27,28)29/h2-4,19H,5-15H2,1H3. The lowest BCUT2D eigenvalue weighted by molar-refractivity contribution is -0.308. The van der Waals surface area contributed by atoms with E-state index in [1.54, 1.807) is 6.26 Å². The minimum atomic E-state index is -5.73. The maximum Gasteiger partial charge on any atom is 0.434 e. The number of benzene rings is 1. The number of carbonyl (C=O) groups excluding carboxylic acids is 1. The number of piperidine rings is 1. The Morgan fingerprint density at radius 1 is 1.06 bits per heavy atom. The first-order valence-electron chi connectivity index (χ1n) is 11.8. The van der Waals surface area contributed by atoms with Crippen molar-refractivity contribution < 1.29 is 40.1 Å². The number of halogens is 6. The van der Waals surface area contributed by atoms with Crippen LogP contribution in [0.3, 0.4) is 0 Å². The van der Waals surface area contributed by atoms with Gasteiger partial charge in [0.15, 0.2) is 0 Å². The number of alkyl halides is 6. The van der Waals surface area contributed by atoms with Gasteiger partial charge in [0.1, 0.15) is 0 Å². The van der Waals surface area contributed by atoms with Crippen molar-refractivity contribution in [2.24, 2.45) is 5.41 Å². The molecule has 13 heteroatoms. The van der Waals surface area contributed by atoms with Crippen LogP contribution < -0.4 is 0 Å². The van der Waals surface area contributed by atoms with E-state index in [9.17, 15) is 35.3 Å². The fourth-order valence-corrected chi connectivity index (χ4v) is 6.12. The largest absolute Gasteiger partial charge is 0.434 e. The summed E-state index contributed by atoms with van der Waals surface area (Å²) in [6.45, 7) is 3.72. The molecule has 1 aromatic carbocycles. The topological polar surface area (TPSA) is 53.1 Å². The lowest BCUT2D eigenvalue weighted by Gasteiger charge is -2.39. The molecule has 1 unspecified atom stereocenters. The molecule has 1 spiro atoms. The number of hydrogen-bond donors (Lipinski definition) is 0. The molecule has 0 saturated carbocycles. The van der Waals surface area contributed by atoms with Crippen LogP contribution in [0.25, 0.3) is 0 Å². The summed E-state index contributed by atoms with van der Waals surface area (Å²) in [5, 5.41) is 0. The molecule has 0 aromatic heterocycles. The molecular formula is C23H29F6N3O3S. The minimum absolute atomic E-state index is 0.0487. The Labute approximate surface area is 208 Å². The first-order chi connectivity index (χ1) is 16.8. The highest BCUT2D eigenvalue weighted by Crippen LogP contribution is 2.42. The molecule has 0 aliphatic carbocycles. The zero-order valence-electron chi connectivity index (χ0n) is 19.8. The van der Waals surface area contributed by atoms with E-state index in [0.717, 1.165) is 37.4 Å². The van der Waals surface area contributed by atoms with Gasteiger partial charge < -0.3 is 9.64 Å². The van der Waals surface area contributed by atoms with Gasteiger partial charge in [-0.05, 0) is 54.3 Å². The molecule has 202 valence electrons. The Bertz CT molecular complexity index is 980. The maximum atomic E-state index is 12.7. The average molecular weight is 542 g/mol. The van der Waals surface area contributed by atoms with Crippen LogP contribution in [0.1, 0.15) is 36.0 Å². The van der Waals surface area contributed by atoms with Gasteiger partial charge >= 0.3 is 18.4 Å². The first-order valence-corrected chi connectivity index (χ1v) is 13.3. The number of fused-ring (bicyclic) bond motifs is 1. The van der Waals surface area contributed by atoms with Crippen LogP contribution in [-0.4, -0.2) is 81.8 Å². The van der Waals surface area contributed by atoms with Gasteiger partial charge in [0.25, 0.3) is 6.10 Å². The Morgan fingerprint density at radius 3 is 2.31 bits per heavy atom. The van der Waals surface area contributed by atoms with Gasteiger partial charge in [0, 0.05) is 45.5 Å². The molecule has 1 amide bonds. The van der Waals surface area contributed by atoms with Crippen LogP contribution in [0.15, 0.2) is 18.2 Å². The van der Waals surface area contributed by atoms with Crippen molar-refractivity contribution in [3.63, 3.8) is 0 Å². The monoisotopic (exact) mass is 541 g/mol. The molecule has 0 radical (unpaired) electrons. The lowest BCUT2D eigenvalue weighted by Crippen LogP contribution is -2.50. The fourth-order valence-electron chi connectivity index (χ4n) is 5.46. The summed E-state index contributed by atoms with van der Waals surface area (Å²) in [4.78, 5) is 15.3. The van der Waals surface area contributed by atoms with Crippen LogP contribution in [0.2, 0.25) is 0 Å². The van der Waals surface area contributed by atoms with Gasteiger partial charge in [-0.3, -0.25) is 4.90 Å². The minimum Gasteiger partial charge on any atom is -0.426 e. The van der Waals surface area contributed by atoms with Crippen molar-refractivity contribution in [3.05, 3.63) is 34.9 Å². The lowest BCUT2D eigenvalue weighted by atomic mass is 9.78. The third kappa shape index (κ3) is 5.99. The summed E-state index contributed by atoms with van der Waals surface area (Å²) in [6, 6.07) is 6.19. The molecule has 0 N–H and O–H groups in total. The molecule has 3 heterocycles. The van der Waals surface area contributed by atoms with Crippen LogP contribution in [-0.2, 0) is 35.2 Å². The number of hydrogen-bond acceptors (Lipinski definition) is 4. The van der Waals surface area contributed by atoms with Crippen LogP contribution in [0.5, 0.6) is 0 Å². The predicted molar refractivity (Wildman–Crippen MR) is 120 cm³/mol. The van der Waals surface area contributed by atoms with Crippen molar-refractivity contribution in [2.75, 3.05) is 39.0 Å². The zero-order valence-corrected chi connectivity index (χ0v) is 20.6. The highest BCUT2D eigenvalue weighted by molar-refractivity contribution is 7.81.